The van der Waals surface area contributed by atoms with Gasteiger partial charge in [-0.3, -0.25) is 14.9 Å². The topological polar surface area (TPSA) is 84.5 Å². The van der Waals surface area contributed by atoms with Gasteiger partial charge >= 0.3 is 0 Å². The Balaban J connectivity index is 2.01. The number of allylic oxidation sites excluding steroid dienone is 1. The molecule has 9 heteroatoms. The fourth-order valence-corrected chi connectivity index (χ4v) is 4.27. The summed E-state index contributed by atoms with van der Waals surface area (Å²) in [6.45, 7) is 1.69. The number of rotatable bonds is 5. The summed E-state index contributed by atoms with van der Waals surface area (Å²) in [5.41, 5.74) is 7.43. The highest BCUT2D eigenvalue weighted by Gasteiger charge is 2.31. The Morgan fingerprint density at radius 1 is 1.25 bits per heavy atom. The predicted molar refractivity (Wildman–Crippen MR) is 117 cm³/mol. The molecule has 0 spiro atoms. The van der Waals surface area contributed by atoms with Crippen molar-refractivity contribution < 1.29 is 9.59 Å². The van der Waals surface area contributed by atoms with E-state index in [0.29, 0.717) is 27.0 Å². The Bertz CT molecular complexity index is 1010. The zero-order valence-corrected chi connectivity index (χ0v) is 18.7. The second-order valence-electron chi connectivity index (χ2n) is 6.29. The SMILES string of the molecule is CC(C(=Nc1ccc(Cl)cc1Cl)c1ccc(Br)s1)=C(N)C(=O)NC(=O)C1CC1. The summed E-state index contributed by atoms with van der Waals surface area (Å²) in [5, 5.41) is 3.22. The minimum absolute atomic E-state index is 0.0673. The Kier molecular flexibility index (Phi) is 6.60. The molecule has 1 aromatic carbocycles. The van der Waals surface area contributed by atoms with Crippen LogP contribution in [0.25, 0.3) is 0 Å². The van der Waals surface area contributed by atoms with E-state index in [-0.39, 0.29) is 17.5 Å². The van der Waals surface area contributed by atoms with Gasteiger partial charge in [0.1, 0.15) is 5.70 Å². The summed E-state index contributed by atoms with van der Waals surface area (Å²) < 4.78 is 0.900. The highest BCUT2D eigenvalue weighted by molar-refractivity contribution is 9.11. The lowest BCUT2D eigenvalue weighted by atomic mass is 10.1. The quantitative estimate of drug-likeness (QED) is 0.435. The molecule has 0 aliphatic heterocycles. The van der Waals surface area contributed by atoms with Crippen LogP contribution in [0.3, 0.4) is 0 Å². The van der Waals surface area contributed by atoms with Crippen LogP contribution in [-0.4, -0.2) is 17.5 Å². The fraction of sp³-hybridized carbons (Fsp3) is 0.211. The second kappa shape index (κ2) is 8.78. The zero-order valence-electron chi connectivity index (χ0n) is 14.8. The highest BCUT2D eigenvalue weighted by atomic mass is 79.9. The molecule has 2 aromatic rings. The lowest BCUT2D eigenvalue weighted by Crippen LogP contribution is -2.36. The fourth-order valence-electron chi connectivity index (χ4n) is 2.38. The molecule has 3 rings (SSSR count). The van der Waals surface area contributed by atoms with Crippen LogP contribution < -0.4 is 11.1 Å². The maximum atomic E-state index is 12.4. The van der Waals surface area contributed by atoms with E-state index in [0.717, 1.165) is 21.5 Å². The lowest BCUT2D eigenvalue weighted by Gasteiger charge is -2.11. The first kappa shape index (κ1) is 21.0. The normalized spacial score (nSPS) is 15.2. The number of imide groups is 1. The van der Waals surface area contributed by atoms with E-state index >= 15 is 0 Å². The molecular weight excluding hydrogens is 485 g/mol. The predicted octanol–water partition coefficient (Wildman–Crippen LogP) is 5.22. The summed E-state index contributed by atoms with van der Waals surface area (Å²) in [6, 6.07) is 8.69. The molecule has 28 heavy (non-hydrogen) atoms. The van der Waals surface area contributed by atoms with Crippen molar-refractivity contribution in [2.24, 2.45) is 16.6 Å². The number of hydrogen-bond acceptors (Lipinski definition) is 5. The van der Waals surface area contributed by atoms with E-state index in [1.807, 2.05) is 12.1 Å². The second-order valence-corrected chi connectivity index (χ2v) is 9.60. The van der Waals surface area contributed by atoms with Crippen molar-refractivity contribution in [2.45, 2.75) is 19.8 Å². The van der Waals surface area contributed by atoms with Crippen LogP contribution in [-0.2, 0) is 9.59 Å². The van der Waals surface area contributed by atoms with E-state index in [1.54, 1.807) is 25.1 Å². The third-order valence-electron chi connectivity index (χ3n) is 4.14. The van der Waals surface area contributed by atoms with Crippen LogP contribution in [0.4, 0.5) is 5.69 Å². The number of hydrogen-bond donors (Lipinski definition) is 2. The molecule has 1 aliphatic rings. The van der Waals surface area contributed by atoms with Crippen molar-refractivity contribution in [1.29, 1.82) is 0 Å². The van der Waals surface area contributed by atoms with Crippen LogP contribution >= 0.6 is 50.5 Å². The summed E-state index contributed by atoms with van der Waals surface area (Å²) in [6.07, 6.45) is 1.60. The molecule has 0 unspecified atom stereocenters. The number of thiophene rings is 1. The zero-order chi connectivity index (χ0) is 20.4. The minimum atomic E-state index is -0.625. The van der Waals surface area contributed by atoms with Crippen molar-refractivity contribution in [1.82, 2.24) is 5.32 Å². The molecule has 0 saturated heterocycles. The van der Waals surface area contributed by atoms with Crippen molar-refractivity contribution in [3.8, 4) is 0 Å². The minimum Gasteiger partial charge on any atom is -0.394 e. The number of carbonyl (C=O) groups is 2. The first-order valence-corrected chi connectivity index (χ1v) is 10.7. The smallest absolute Gasteiger partial charge is 0.274 e. The number of carbonyl (C=O) groups excluding carboxylic acids is 2. The first-order chi connectivity index (χ1) is 13.3. The number of nitrogens with one attached hydrogen (secondary N) is 1. The number of aliphatic imine (C=N–C) groups is 1. The van der Waals surface area contributed by atoms with Gasteiger partial charge in [0.15, 0.2) is 0 Å². The van der Waals surface area contributed by atoms with Gasteiger partial charge in [-0.2, -0.15) is 0 Å². The van der Waals surface area contributed by atoms with Gasteiger partial charge in [-0.1, -0.05) is 23.2 Å². The maximum absolute atomic E-state index is 12.4. The molecule has 146 valence electrons. The summed E-state index contributed by atoms with van der Waals surface area (Å²) in [5.74, 6) is -1.01. The van der Waals surface area contributed by atoms with E-state index in [1.165, 1.54) is 11.3 Å². The molecule has 2 amide bonds. The molecule has 3 N–H and O–H groups in total. The number of nitrogens with zero attached hydrogens (tertiary/aromatic N) is 1. The molecule has 1 saturated carbocycles. The Hall–Kier alpha value is -1.67. The van der Waals surface area contributed by atoms with Gasteiger partial charge in [0.2, 0.25) is 5.91 Å². The van der Waals surface area contributed by atoms with Crippen molar-refractivity contribution in [3.63, 3.8) is 0 Å². The third-order valence-corrected chi connectivity index (χ3v) is 6.31. The number of nitrogens with two attached hydrogens (primary N) is 1. The van der Waals surface area contributed by atoms with Gasteiger partial charge in [0.25, 0.3) is 5.91 Å². The van der Waals surface area contributed by atoms with Gasteiger partial charge < -0.3 is 5.73 Å². The van der Waals surface area contributed by atoms with Crippen LogP contribution in [0.1, 0.15) is 24.6 Å². The average Bonchev–Trinajstić information content (AvgIpc) is 3.41. The largest absolute Gasteiger partial charge is 0.394 e. The number of halogens is 3. The van der Waals surface area contributed by atoms with Crippen LogP contribution in [0.15, 0.2) is 50.4 Å². The Morgan fingerprint density at radius 2 is 1.96 bits per heavy atom. The van der Waals surface area contributed by atoms with E-state index in [2.05, 4.69) is 26.2 Å². The van der Waals surface area contributed by atoms with E-state index < -0.39 is 5.91 Å². The Labute approximate surface area is 184 Å². The van der Waals surface area contributed by atoms with Gasteiger partial charge in [0, 0.05) is 16.5 Å². The van der Waals surface area contributed by atoms with Crippen LogP contribution in [0.2, 0.25) is 10.0 Å². The van der Waals surface area contributed by atoms with E-state index in [4.69, 9.17) is 28.9 Å². The molecular formula is C19H16BrCl2N3O2S. The standard InChI is InChI=1S/C19H16BrCl2N3O2S/c1-9(16(23)19(27)25-18(26)10-2-3-10)17(14-6-7-15(20)28-14)24-13-5-4-11(21)8-12(13)22/h4-8,10H,2-3,23H2,1H3,(H,25,26,27). The summed E-state index contributed by atoms with van der Waals surface area (Å²) in [4.78, 5) is 29.7. The Morgan fingerprint density at radius 3 is 2.54 bits per heavy atom. The molecule has 5 nitrogen and oxygen atoms in total. The molecule has 1 heterocycles. The van der Waals surface area contributed by atoms with Crippen molar-refractivity contribution >= 4 is 73.7 Å². The first-order valence-electron chi connectivity index (χ1n) is 8.37. The monoisotopic (exact) mass is 499 g/mol. The lowest BCUT2D eigenvalue weighted by molar-refractivity contribution is -0.129. The highest BCUT2D eigenvalue weighted by Crippen LogP contribution is 2.32. The number of benzene rings is 1. The van der Waals surface area contributed by atoms with Crippen molar-refractivity contribution in [3.05, 3.63) is 60.3 Å². The summed E-state index contributed by atoms with van der Waals surface area (Å²) in [7, 11) is 0. The molecule has 0 bridgehead atoms. The van der Waals surface area contributed by atoms with E-state index in [9.17, 15) is 9.59 Å². The van der Waals surface area contributed by atoms with Gasteiger partial charge in [-0.05, 0) is 66.0 Å². The average molecular weight is 501 g/mol. The third kappa shape index (κ3) is 5.03. The van der Waals surface area contributed by atoms with Gasteiger partial charge in [-0.25, -0.2) is 4.99 Å². The van der Waals surface area contributed by atoms with Gasteiger partial charge in [-0.15, -0.1) is 11.3 Å². The molecule has 0 radical (unpaired) electrons. The number of amides is 2. The molecule has 1 aromatic heterocycles. The van der Waals surface area contributed by atoms with Crippen LogP contribution in [0, 0.1) is 5.92 Å². The molecule has 0 atom stereocenters. The summed E-state index contributed by atoms with van der Waals surface area (Å²) >= 11 is 17.1. The molecule has 1 aliphatic carbocycles. The van der Waals surface area contributed by atoms with Gasteiger partial charge in [0.05, 0.1) is 25.1 Å². The van der Waals surface area contributed by atoms with Crippen LogP contribution in [0.5, 0.6) is 0 Å². The van der Waals surface area contributed by atoms with Crippen molar-refractivity contribution in [2.75, 3.05) is 0 Å². The molecule has 1 fully saturated rings. The maximum Gasteiger partial charge on any atom is 0.274 e.